The topological polar surface area (TPSA) is 26.3 Å². The van der Waals surface area contributed by atoms with Crippen molar-refractivity contribution in [2.75, 3.05) is 7.11 Å². The van der Waals surface area contributed by atoms with Gasteiger partial charge in [0.15, 0.2) is 5.78 Å². The van der Waals surface area contributed by atoms with Crippen LogP contribution in [0.1, 0.15) is 27.4 Å². The lowest BCUT2D eigenvalue weighted by Crippen LogP contribution is -2.14. The van der Waals surface area contributed by atoms with Crippen molar-refractivity contribution >= 4 is 5.78 Å². The van der Waals surface area contributed by atoms with Crippen molar-refractivity contribution in [3.8, 4) is 5.75 Å². The van der Waals surface area contributed by atoms with Gasteiger partial charge in [-0.2, -0.15) is 0 Å². The van der Waals surface area contributed by atoms with Gasteiger partial charge in [-0.15, -0.1) is 0 Å². The maximum atomic E-state index is 13.1. The number of benzene rings is 3. The predicted molar refractivity (Wildman–Crippen MR) is 92.1 cm³/mol. The average molecular weight is 302 g/mol. The van der Waals surface area contributed by atoms with E-state index in [9.17, 15) is 4.79 Å². The molecule has 3 aromatic carbocycles. The molecule has 0 bridgehead atoms. The minimum Gasteiger partial charge on any atom is -0.497 e. The summed E-state index contributed by atoms with van der Waals surface area (Å²) in [5, 5.41) is 0. The highest BCUT2D eigenvalue weighted by Crippen LogP contribution is 2.30. The van der Waals surface area contributed by atoms with Crippen LogP contribution < -0.4 is 4.74 Å². The van der Waals surface area contributed by atoms with Crippen LogP contribution in [-0.4, -0.2) is 12.9 Å². The monoisotopic (exact) mass is 302 g/mol. The van der Waals surface area contributed by atoms with E-state index in [0.717, 1.165) is 16.9 Å². The van der Waals surface area contributed by atoms with Gasteiger partial charge in [0.1, 0.15) is 5.75 Å². The van der Waals surface area contributed by atoms with Crippen molar-refractivity contribution in [1.82, 2.24) is 0 Å². The van der Waals surface area contributed by atoms with Crippen molar-refractivity contribution in [1.29, 1.82) is 0 Å². The molecule has 0 heterocycles. The molecule has 0 fully saturated rings. The van der Waals surface area contributed by atoms with E-state index >= 15 is 0 Å². The molecule has 2 nitrogen and oxygen atoms in total. The first-order valence-electron chi connectivity index (χ1n) is 7.58. The zero-order chi connectivity index (χ0) is 16.1. The first kappa shape index (κ1) is 15.0. The normalized spacial score (nSPS) is 11.7. The summed E-state index contributed by atoms with van der Waals surface area (Å²) in [7, 11) is 1.63. The SMILES string of the molecule is COc1cccc(C(C(=O)c2ccccc2)c2ccccc2)c1. The van der Waals surface area contributed by atoms with E-state index in [2.05, 4.69) is 0 Å². The number of ether oxygens (including phenoxy) is 1. The minimum atomic E-state index is -0.339. The highest BCUT2D eigenvalue weighted by atomic mass is 16.5. The number of carbonyl (C=O) groups is 1. The molecule has 0 radical (unpaired) electrons. The third kappa shape index (κ3) is 3.32. The molecule has 0 aliphatic rings. The molecular formula is C21H18O2. The number of Topliss-reactive ketones (excluding diaryl/α,β-unsaturated/α-hetero) is 1. The lowest BCUT2D eigenvalue weighted by Gasteiger charge is -2.18. The summed E-state index contributed by atoms with van der Waals surface area (Å²) in [5.74, 6) is 0.503. The molecule has 3 aromatic rings. The Labute approximate surface area is 136 Å². The summed E-state index contributed by atoms with van der Waals surface area (Å²) >= 11 is 0. The van der Waals surface area contributed by atoms with Gasteiger partial charge in [-0.1, -0.05) is 72.8 Å². The first-order valence-corrected chi connectivity index (χ1v) is 7.58. The summed E-state index contributed by atoms with van der Waals surface area (Å²) in [6.07, 6.45) is 0. The van der Waals surface area contributed by atoms with Crippen LogP contribution in [-0.2, 0) is 0 Å². The molecule has 0 saturated carbocycles. The van der Waals surface area contributed by atoms with Crippen LogP contribution in [0.15, 0.2) is 84.9 Å². The maximum absolute atomic E-state index is 13.1. The quantitative estimate of drug-likeness (QED) is 0.638. The first-order chi connectivity index (χ1) is 11.3. The molecule has 23 heavy (non-hydrogen) atoms. The van der Waals surface area contributed by atoms with Crippen molar-refractivity contribution in [3.05, 3.63) is 102 Å². The number of hydrogen-bond acceptors (Lipinski definition) is 2. The zero-order valence-electron chi connectivity index (χ0n) is 13.0. The third-order valence-corrected chi connectivity index (χ3v) is 3.88. The lowest BCUT2D eigenvalue weighted by atomic mass is 9.85. The van der Waals surface area contributed by atoms with Crippen molar-refractivity contribution in [2.45, 2.75) is 5.92 Å². The Bertz CT molecular complexity index is 779. The van der Waals surface area contributed by atoms with E-state index in [0.29, 0.717) is 5.56 Å². The standard InChI is InChI=1S/C21H18O2/c1-23-19-14-8-13-18(15-19)20(16-9-4-2-5-10-16)21(22)17-11-6-3-7-12-17/h2-15,20H,1H3. The van der Waals surface area contributed by atoms with Gasteiger partial charge in [-0.3, -0.25) is 4.79 Å². The van der Waals surface area contributed by atoms with Crippen molar-refractivity contribution in [2.24, 2.45) is 0 Å². The fourth-order valence-corrected chi connectivity index (χ4v) is 2.73. The molecule has 0 spiro atoms. The van der Waals surface area contributed by atoms with Gasteiger partial charge in [0.25, 0.3) is 0 Å². The Morgan fingerprint density at radius 1 is 0.783 bits per heavy atom. The van der Waals surface area contributed by atoms with Crippen LogP contribution in [0.3, 0.4) is 0 Å². The van der Waals surface area contributed by atoms with Gasteiger partial charge in [-0.25, -0.2) is 0 Å². The van der Waals surface area contributed by atoms with E-state index in [1.807, 2.05) is 84.9 Å². The lowest BCUT2D eigenvalue weighted by molar-refractivity contribution is 0.0974. The van der Waals surface area contributed by atoms with E-state index in [1.165, 1.54) is 0 Å². The van der Waals surface area contributed by atoms with Crippen LogP contribution in [0, 0.1) is 0 Å². The van der Waals surface area contributed by atoms with Crippen molar-refractivity contribution < 1.29 is 9.53 Å². The number of ketones is 1. The highest BCUT2D eigenvalue weighted by molar-refractivity contribution is 6.03. The Kier molecular flexibility index (Phi) is 4.53. The third-order valence-electron chi connectivity index (χ3n) is 3.88. The summed E-state index contributed by atoms with van der Waals surface area (Å²) < 4.78 is 5.32. The maximum Gasteiger partial charge on any atom is 0.174 e. The van der Waals surface area contributed by atoms with Gasteiger partial charge in [-0.05, 0) is 23.3 Å². The Hall–Kier alpha value is -2.87. The van der Waals surface area contributed by atoms with Crippen LogP contribution in [0.25, 0.3) is 0 Å². The largest absolute Gasteiger partial charge is 0.497 e. The van der Waals surface area contributed by atoms with E-state index in [-0.39, 0.29) is 11.7 Å². The molecule has 0 N–H and O–H groups in total. The van der Waals surface area contributed by atoms with Crippen LogP contribution in [0.5, 0.6) is 5.75 Å². The van der Waals surface area contributed by atoms with Gasteiger partial charge < -0.3 is 4.74 Å². The number of methoxy groups -OCH3 is 1. The fourth-order valence-electron chi connectivity index (χ4n) is 2.73. The van der Waals surface area contributed by atoms with Crippen LogP contribution in [0.2, 0.25) is 0 Å². The Morgan fingerprint density at radius 3 is 2.04 bits per heavy atom. The highest BCUT2D eigenvalue weighted by Gasteiger charge is 2.24. The molecule has 2 heteroatoms. The summed E-state index contributed by atoms with van der Waals surface area (Å²) in [4.78, 5) is 13.1. The van der Waals surface area contributed by atoms with E-state index in [1.54, 1.807) is 7.11 Å². The molecule has 0 saturated heterocycles. The average Bonchev–Trinajstić information content (AvgIpc) is 2.64. The summed E-state index contributed by atoms with van der Waals surface area (Å²) in [6, 6.07) is 27.0. The smallest absolute Gasteiger partial charge is 0.174 e. The van der Waals surface area contributed by atoms with Gasteiger partial charge >= 0.3 is 0 Å². The molecule has 114 valence electrons. The molecule has 0 aromatic heterocycles. The molecule has 0 aliphatic carbocycles. The summed E-state index contributed by atoms with van der Waals surface area (Å²) in [5.41, 5.74) is 2.63. The number of rotatable bonds is 5. The number of carbonyl (C=O) groups excluding carboxylic acids is 1. The Balaban J connectivity index is 2.09. The second kappa shape index (κ2) is 6.93. The van der Waals surface area contributed by atoms with Gasteiger partial charge in [0.2, 0.25) is 0 Å². The molecule has 0 amide bonds. The minimum absolute atomic E-state index is 0.0880. The molecular weight excluding hydrogens is 284 g/mol. The molecule has 3 rings (SSSR count). The second-order valence-corrected chi connectivity index (χ2v) is 5.35. The van der Waals surface area contributed by atoms with Crippen molar-refractivity contribution in [3.63, 3.8) is 0 Å². The molecule has 1 atom stereocenters. The molecule has 0 aliphatic heterocycles. The fraction of sp³-hybridized carbons (Fsp3) is 0.0952. The molecule has 1 unspecified atom stereocenters. The zero-order valence-corrected chi connectivity index (χ0v) is 13.0. The van der Waals surface area contributed by atoms with Gasteiger partial charge in [0, 0.05) is 5.56 Å². The van der Waals surface area contributed by atoms with E-state index in [4.69, 9.17) is 4.74 Å². The van der Waals surface area contributed by atoms with Crippen LogP contribution >= 0.6 is 0 Å². The Morgan fingerprint density at radius 2 is 1.39 bits per heavy atom. The van der Waals surface area contributed by atoms with Crippen LogP contribution in [0.4, 0.5) is 0 Å². The predicted octanol–water partition coefficient (Wildman–Crippen LogP) is 4.71. The second-order valence-electron chi connectivity index (χ2n) is 5.35. The van der Waals surface area contributed by atoms with Gasteiger partial charge in [0.05, 0.1) is 13.0 Å². The summed E-state index contributed by atoms with van der Waals surface area (Å²) in [6.45, 7) is 0. The number of hydrogen-bond donors (Lipinski definition) is 0. The van der Waals surface area contributed by atoms with E-state index < -0.39 is 0 Å².